The molecule has 0 radical (unpaired) electrons. The van der Waals surface area contributed by atoms with E-state index >= 15 is 0 Å². The van der Waals surface area contributed by atoms with E-state index in [1.807, 2.05) is 0 Å². The summed E-state index contributed by atoms with van der Waals surface area (Å²) in [6, 6.07) is 0. The van der Waals surface area contributed by atoms with Crippen LogP contribution >= 0.6 is 0 Å². The molecule has 0 heterocycles. The first kappa shape index (κ1) is 26.5. The van der Waals surface area contributed by atoms with Crippen LogP contribution in [0.5, 0.6) is 0 Å². The van der Waals surface area contributed by atoms with Crippen LogP contribution in [0.15, 0.2) is 0 Å². The van der Waals surface area contributed by atoms with Crippen molar-refractivity contribution >= 4 is 5.91 Å². The Kier molecular flexibility index (Phi) is 23.0. The van der Waals surface area contributed by atoms with Crippen molar-refractivity contribution in [3.63, 3.8) is 0 Å². The van der Waals surface area contributed by atoms with E-state index in [-0.39, 0.29) is 5.91 Å². The molecule has 0 aliphatic rings. The molecular weight excluding hydrogens is 330 g/mol. The molecule has 0 fully saturated rings. The Morgan fingerprint density at radius 2 is 0.667 bits per heavy atom. The van der Waals surface area contributed by atoms with Gasteiger partial charge in [0.15, 0.2) is 0 Å². The highest BCUT2D eigenvalue weighted by atomic mass is 16.1. The van der Waals surface area contributed by atoms with Crippen LogP contribution < -0.4 is 5.73 Å². The molecule has 0 aromatic rings. The highest BCUT2D eigenvalue weighted by Crippen LogP contribution is 2.15. The number of nitrogens with two attached hydrogens (primary N) is 1. The molecule has 0 unspecified atom stereocenters. The van der Waals surface area contributed by atoms with E-state index in [4.69, 9.17) is 5.73 Å². The lowest BCUT2D eigenvalue weighted by Gasteiger charge is -2.04. The van der Waals surface area contributed by atoms with E-state index in [1.165, 1.54) is 135 Å². The van der Waals surface area contributed by atoms with Crippen molar-refractivity contribution in [2.75, 3.05) is 0 Å². The Morgan fingerprint density at radius 3 is 0.889 bits per heavy atom. The molecule has 0 aromatic heterocycles. The summed E-state index contributed by atoms with van der Waals surface area (Å²) >= 11 is 0. The molecule has 1 amide bonds. The third-order valence-electron chi connectivity index (χ3n) is 5.78. The predicted molar refractivity (Wildman–Crippen MR) is 121 cm³/mol. The van der Waals surface area contributed by atoms with Gasteiger partial charge in [-0.15, -0.1) is 0 Å². The number of primary amides is 1. The maximum atomic E-state index is 10.6. The van der Waals surface area contributed by atoms with E-state index in [0.717, 1.165) is 6.42 Å². The zero-order valence-corrected chi connectivity index (χ0v) is 18.7. The molecule has 0 bridgehead atoms. The summed E-state index contributed by atoms with van der Waals surface area (Å²) < 4.78 is 0. The zero-order valence-electron chi connectivity index (χ0n) is 18.7. The van der Waals surface area contributed by atoms with Crippen molar-refractivity contribution in [3.05, 3.63) is 0 Å². The third kappa shape index (κ3) is 25.5. The summed E-state index contributed by atoms with van der Waals surface area (Å²) in [6.45, 7) is 2.29. The molecule has 0 spiro atoms. The first-order valence-electron chi connectivity index (χ1n) is 12.6. The first-order valence-corrected chi connectivity index (χ1v) is 12.6. The van der Waals surface area contributed by atoms with Gasteiger partial charge in [0.1, 0.15) is 0 Å². The van der Waals surface area contributed by atoms with Crippen molar-refractivity contribution in [2.45, 2.75) is 155 Å². The van der Waals surface area contributed by atoms with Gasteiger partial charge in [0.25, 0.3) is 0 Å². The molecule has 27 heavy (non-hydrogen) atoms. The van der Waals surface area contributed by atoms with E-state index in [2.05, 4.69) is 6.92 Å². The standard InChI is InChI=1S/C25H51NO/c1-2-3-4-5-6-7-8-9-10-11-12-13-14-15-16-17-18-19-20-21-22-23-24-25(26)27/h2-24H2,1H3,(H2,26,27). The van der Waals surface area contributed by atoms with E-state index in [9.17, 15) is 4.79 Å². The second kappa shape index (κ2) is 23.5. The van der Waals surface area contributed by atoms with E-state index in [0.29, 0.717) is 6.42 Å². The topological polar surface area (TPSA) is 43.1 Å². The quantitative estimate of drug-likeness (QED) is 0.177. The highest BCUT2D eigenvalue weighted by Gasteiger charge is 1.96. The highest BCUT2D eigenvalue weighted by molar-refractivity contribution is 5.73. The smallest absolute Gasteiger partial charge is 0.217 e. The first-order chi connectivity index (χ1) is 13.3. The monoisotopic (exact) mass is 381 g/mol. The number of amides is 1. The SMILES string of the molecule is CCCCCCCCCCCCCCCCCCCCCCCCC(N)=O. The number of carbonyl (C=O) groups excluding carboxylic acids is 1. The summed E-state index contributed by atoms with van der Waals surface area (Å²) in [5.74, 6) is -0.150. The van der Waals surface area contributed by atoms with Crippen molar-refractivity contribution in [3.8, 4) is 0 Å². The average Bonchev–Trinajstić information content (AvgIpc) is 2.65. The minimum Gasteiger partial charge on any atom is -0.370 e. The molecule has 0 aliphatic carbocycles. The molecule has 0 aromatic carbocycles. The van der Waals surface area contributed by atoms with E-state index < -0.39 is 0 Å². The van der Waals surface area contributed by atoms with Crippen LogP contribution in [0.3, 0.4) is 0 Å². The van der Waals surface area contributed by atoms with Crippen LogP contribution in [0.4, 0.5) is 0 Å². The zero-order chi connectivity index (χ0) is 19.8. The molecule has 0 saturated heterocycles. The summed E-state index contributed by atoms with van der Waals surface area (Å²) in [7, 11) is 0. The largest absolute Gasteiger partial charge is 0.370 e. The number of unbranched alkanes of at least 4 members (excludes halogenated alkanes) is 21. The molecule has 0 saturated carbocycles. The van der Waals surface area contributed by atoms with Gasteiger partial charge in [-0.25, -0.2) is 0 Å². The van der Waals surface area contributed by atoms with Gasteiger partial charge in [-0.1, -0.05) is 142 Å². The Labute approximate surface area is 171 Å². The fraction of sp³-hybridized carbons (Fsp3) is 0.960. The Balaban J connectivity index is 2.98. The summed E-state index contributed by atoms with van der Waals surface area (Å²) in [6.07, 6.45) is 31.3. The molecule has 0 atom stereocenters. The lowest BCUT2D eigenvalue weighted by Crippen LogP contribution is -2.09. The van der Waals surface area contributed by atoms with Crippen molar-refractivity contribution in [2.24, 2.45) is 5.73 Å². The van der Waals surface area contributed by atoms with Gasteiger partial charge in [-0.3, -0.25) is 4.79 Å². The predicted octanol–water partition coefficient (Wildman–Crippen LogP) is 8.46. The van der Waals surface area contributed by atoms with Crippen LogP contribution in [0.1, 0.15) is 155 Å². The lowest BCUT2D eigenvalue weighted by atomic mass is 10.0. The van der Waals surface area contributed by atoms with Gasteiger partial charge in [0.05, 0.1) is 0 Å². The van der Waals surface area contributed by atoms with Crippen molar-refractivity contribution < 1.29 is 4.79 Å². The fourth-order valence-electron chi connectivity index (χ4n) is 3.91. The molecular formula is C25H51NO. The second-order valence-electron chi connectivity index (χ2n) is 8.64. The van der Waals surface area contributed by atoms with Crippen molar-refractivity contribution in [1.29, 1.82) is 0 Å². The average molecular weight is 382 g/mol. The van der Waals surface area contributed by atoms with E-state index in [1.54, 1.807) is 0 Å². The van der Waals surface area contributed by atoms with Crippen molar-refractivity contribution in [1.82, 2.24) is 0 Å². The maximum Gasteiger partial charge on any atom is 0.217 e. The van der Waals surface area contributed by atoms with Gasteiger partial charge in [0.2, 0.25) is 5.91 Å². The lowest BCUT2D eigenvalue weighted by molar-refractivity contribution is -0.118. The summed E-state index contributed by atoms with van der Waals surface area (Å²) in [5, 5.41) is 0. The normalized spacial score (nSPS) is 11.1. The third-order valence-corrected chi connectivity index (χ3v) is 5.78. The minimum atomic E-state index is -0.150. The summed E-state index contributed by atoms with van der Waals surface area (Å²) in [4.78, 5) is 10.6. The molecule has 162 valence electrons. The van der Waals surface area contributed by atoms with Gasteiger partial charge in [0, 0.05) is 6.42 Å². The Bertz CT molecular complexity index is 290. The summed E-state index contributed by atoms with van der Waals surface area (Å²) in [5.41, 5.74) is 5.14. The number of rotatable bonds is 23. The van der Waals surface area contributed by atoms with Gasteiger partial charge < -0.3 is 5.73 Å². The molecule has 2 heteroatoms. The maximum absolute atomic E-state index is 10.6. The number of hydrogen-bond donors (Lipinski definition) is 1. The van der Waals surface area contributed by atoms with Gasteiger partial charge in [-0.05, 0) is 6.42 Å². The molecule has 2 nitrogen and oxygen atoms in total. The molecule has 2 N–H and O–H groups in total. The Morgan fingerprint density at radius 1 is 0.444 bits per heavy atom. The van der Waals surface area contributed by atoms with Crippen LogP contribution in [0, 0.1) is 0 Å². The number of carbonyl (C=O) groups is 1. The Hall–Kier alpha value is -0.530. The molecule has 0 aliphatic heterocycles. The fourth-order valence-corrected chi connectivity index (χ4v) is 3.91. The van der Waals surface area contributed by atoms with Crippen LogP contribution in [0.2, 0.25) is 0 Å². The van der Waals surface area contributed by atoms with Gasteiger partial charge >= 0.3 is 0 Å². The second-order valence-corrected chi connectivity index (χ2v) is 8.64. The van der Waals surface area contributed by atoms with Crippen LogP contribution in [-0.4, -0.2) is 5.91 Å². The van der Waals surface area contributed by atoms with Crippen LogP contribution in [-0.2, 0) is 4.79 Å². The van der Waals surface area contributed by atoms with Crippen LogP contribution in [0.25, 0.3) is 0 Å². The number of hydrogen-bond acceptors (Lipinski definition) is 1. The van der Waals surface area contributed by atoms with Gasteiger partial charge in [-0.2, -0.15) is 0 Å². The molecule has 0 rings (SSSR count). The minimum absolute atomic E-state index is 0.150.